The third-order valence-corrected chi connectivity index (χ3v) is 3.18. The van der Waals surface area contributed by atoms with Crippen molar-refractivity contribution < 1.29 is 19.1 Å². The summed E-state index contributed by atoms with van der Waals surface area (Å²) < 4.78 is 10.2. The van der Waals surface area contributed by atoms with Crippen molar-refractivity contribution in [2.75, 3.05) is 11.9 Å². The Morgan fingerprint density at radius 1 is 1.10 bits per heavy atom. The van der Waals surface area contributed by atoms with Crippen LogP contribution in [-0.4, -0.2) is 23.9 Å². The van der Waals surface area contributed by atoms with Crippen LogP contribution in [0.5, 0.6) is 5.75 Å². The molecule has 0 radical (unpaired) electrons. The fourth-order valence-corrected chi connectivity index (χ4v) is 2.07. The van der Waals surface area contributed by atoms with E-state index in [1.165, 1.54) is 6.92 Å². The van der Waals surface area contributed by atoms with E-state index in [0.29, 0.717) is 6.61 Å². The minimum absolute atomic E-state index is 0.240. The Morgan fingerprint density at radius 2 is 1.80 bits per heavy atom. The van der Waals surface area contributed by atoms with E-state index in [4.69, 9.17) is 9.47 Å². The van der Waals surface area contributed by atoms with Gasteiger partial charge in [0.25, 0.3) is 0 Å². The van der Waals surface area contributed by atoms with Crippen LogP contribution in [0.4, 0.5) is 0 Å². The third kappa shape index (κ3) is 6.19. The lowest BCUT2D eigenvalue weighted by atomic mass is 10.2. The molecule has 0 heterocycles. The quantitative estimate of drug-likeness (QED) is 0.312. The van der Waals surface area contributed by atoms with Crippen molar-refractivity contribution in [1.29, 1.82) is 0 Å². The first-order valence-corrected chi connectivity index (χ1v) is 7.78. The van der Waals surface area contributed by atoms with Crippen LogP contribution in [-0.2, 0) is 9.53 Å². The minimum Gasteiger partial charge on any atom is -0.462 e. The summed E-state index contributed by atoms with van der Waals surface area (Å²) in [6.45, 7) is 1.68. The second-order valence-corrected chi connectivity index (χ2v) is 5.12. The van der Waals surface area contributed by atoms with Gasteiger partial charge in [0.15, 0.2) is 0 Å². The van der Waals surface area contributed by atoms with Crippen LogP contribution in [0, 0.1) is 0 Å². The van der Waals surface area contributed by atoms with Crippen LogP contribution >= 0.6 is 15.9 Å². The summed E-state index contributed by atoms with van der Waals surface area (Å²) in [6, 6.07) is 6.58. The van der Waals surface area contributed by atoms with Crippen molar-refractivity contribution in [3.63, 3.8) is 0 Å². The summed E-state index contributed by atoms with van der Waals surface area (Å²) in [5.74, 6) is -0.674. The molecule has 0 atom stereocenters. The zero-order valence-corrected chi connectivity index (χ0v) is 13.1. The molecule has 5 heteroatoms. The third-order valence-electron chi connectivity index (χ3n) is 2.62. The van der Waals surface area contributed by atoms with Crippen LogP contribution in [0.15, 0.2) is 24.3 Å². The summed E-state index contributed by atoms with van der Waals surface area (Å²) in [5.41, 5.74) is 0.281. The predicted octanol–water partition coefficient (Wildman–Crippen LogP) is 3.72. The zero-order chi connectivity index (χ0) is 14.8. The molecule has 0 aliphatic carbocycles. The fourth-order valence-electron chi connectivity index (χ4n) is 1.67. The molecular weight excluding hydrogens is 324 g/mol. The molecule has 20 heavy (non-hydrogen) atoms. The SMILES string of the molecule is CC(=O)Oc1ccccc1C(=O)OCCCCCCBr. The number of carbonyl (C=O) groups is 2. The van der Waals surface area contributed by atoms with Gasteiger partial charge in [-0.05, 0) is 25.0 Å². The zero-order valence-electron chi connectivity index (χ0n) is 11.6. The largest absolute Gasteiger partial charge is 0.462 e. The highest BCUT2D eigenvalue weighted by Crippen LogP contribution is 2.19. The van der Waals surface area contributed by atoms with Gasteiger partial charge in [-0.1, -0.05) is 40.9 Å². The highest BCUT2D eigenvalue weighted by molar-refractivity contribution is 9.09. The maximum absolute atomic E-state index is 11.9. The Bertz CT molecular complexity index is 445. The van der Waals surface area contributed by atoms with E-state index in [-0.39, 0.29) is 11.3 Å². The molecule has 0 fully saturated rings. The van der Waals surface area contributed by atoms with Crippen LogP contribution < -0.4 is 4.74 Å². The van der Waals surface area contributed by atoms with Gasteiger partial charge in [0.1, 0.15) is 11.3 Å². The van der Waals surface area contributed by atoms with E-state index in [9.17, 15) is 9.59 Å². The molecule has 0 aromatic heterocycles. The maximum Gasteiger partial charge on any atom is 0.341 e. The number of rotatable bonds is 8. The second-order valence-electron chi connectivity index (χ2n) is 4.33. The molecule has 0 aliphatic heterocycles. The van der Waals surface area contributed by atoms with Crippen molar-refractivity contribution >= 4 is 27.9 Å². The minimum atomic E-state index is -0.458. The topological polar surface area (TPSA) is 52.6 Å². The Hall–Kier alpha value is -1.36. The van der Waals surface area contributed by atoms with Gasteiger partial charge >= 0.3 is 11.9 Å². The second kappa shape index (κ2) is 9.53. The molecule has 0 bridgehead atoms. The Labute approximate surface area is 127 Å². The molecule has 1 aromatic rings. The van der Waals surface area contributed by atoms with Crippen molar-refractivity contribution in [2.45, 2.75) is 32.6 Å². The maximum atomic E-state index is 11.9. The number of esters is 2. The van der Waals surface area contributed by atoms with Crippen LogP contribution in [0.2, 0.25) is 0 Å². The Kier molecular flexibility index (Phi) is 7.95. The van der Waals surface area contributed by atoms with E-state index in [0.717, 1.165) is 31.0 Å². The average Bonchev–Trinajstić information content (AvgIpc) is 2.42. The van der Waals surface area contributed by atoms with Gasteiger partial charge in [0.05, 0.1) is 6.61 Å². The van der Waals surface area contributed by atoms with E-state index < -0.39 is 11.9 Å². The van der Waals surface area contributed by atoms with E-state index in [2.05, 4.69) is 15.9 Å². The number of para-hydroxylation sites is 1. The number of benzene rings is 1. The lowest BCUT2D eigenvalue weighted by Crippen LogP contribution is -2.11. The van der Waals surface area contributed by atoms with Crippen LogP contribution in [0.25, 0.3) is 0 Å². The Balaban J connectivity index is 2.45. The summed E-state index contributed by atoms with van der Waals surface area (Å²) in [4.78, 5) is 22.9. The number of hydrogen-bond acceptors (Lipinski definition) is 4. The normalized spacial score (nSPS) is 10.1. The van der Waals surface area contributed by atoms with Crippen molar-refractivity contribution in [3.05, 3.63) is 29.8 Å². The van der Waals surface area contributed by atoms with E-state index in [1.54, 1.807) is 24.3 Å². The fraction of sp³-hybridized carbons (Fsp3) is 0.467. The van der Waals surface area contributed by atoms with Crippen molar-refractivity contribution in [3.8, 4) is 5.75 Å². The number of halogens is 1. The lowest BCUT2D eigenvalue weighted by Gasteiger charge is -2.08. The lowest BCUT2D eigenvalue weighted by molar-refractivity contribution is -0.131. The first kappa shape index (κ1) is 16.7. The molecule has 0 amide bonds. The van der Waals surface area contributed by atoms with Crippen LogP contribution in [0.1, 0.15) is 43.0 Å². The molecule has 0 saturated carbocycles. The molecule has 110 valence electrons. The van der Waals surface area contributed by atoms with Gasteiger partial charge in [-0.2, -0.15) is 0 Å². The predicted molar refractivity (Wildman–Crippen MR) is 80.3 cm³/mol. The van der Waals surface area contributed by atoms with Gasteiger partial charge in [0.2, 0.25) is 0 Å². The number of alkyl halides is 1. The molecule has 0 N–H and O–H groups in total. The molecule has 0 saturated heterocycles. The first-order valence-electron chi connectivity index (χ1n) is 6.65. The van der Waals surface area contributed by atoms with Crippen molar-refractivity contribution in [2.24, 2.45) is 0 Å². The summed E-state index contributed by atoms with van der Waals surface area (Å²) >= 11 is 3.37. The Morgan fingerprint density at radius 3 is 2.50 bits per heavy atom. The van der Waals surface area contributed by atoms with Crippen LogP contribution in [0.3, 0.4) is 0 Å². The average molecular weight is 343 g/mol. The number of hydrogen-bond donors (Lipinski definition) is 0. The molecule has 1 aromatic carbocycles. The van der Waals surface area contributed by atoms with Crippen molar-refractivity contribution in [1.82, 2.24) is 0 Å². The summed E-state index contributed by atoms with van der Waals surface area (Å²) in [6.07, 6.45) is 4.12. The van der Waals surface area contributed by atoms with E-state index >= 15 is 0 Å². The molecule has 0 aliphatic rings. The number of unbranched alkanes of at least 4 members (excludes halogenated alkanes) is 3. The molecule has 0 spiro atoms. The standard InChI is InChI=1S/C15H19BrO4/c1-12(17)20-14-9-5-4-8-13(14)15(18)19-11-7-3-2-6-10-16/h4-5,8-9H,2-3,6-7,10-11H2,1H3. The molecule has 0 unspecified atom stereocenters. The first-order chi connectivity index (χ1) is 9.65. The number of ether oxygens (including phenoxy) is 2. The van der Waals surface area contributed by atoms with E-state index in [1.807, 2.05) is 0 Å². The molecule has 4 nitrogen and oxygen atoms in total. The monoisotopic (exact) mass is 342 g/mol. The summed E-state index contributed by atoms with van der Waals surface area (Å²) in [7, 11) is 0. The summed E-state index contributed by atoms with van der Waals surface area (Å²) in [5, 5.41) is 1.00. The highest BCUT2D eigenvalue weighted by Gasteiger charge is 2.14. The van der Waals surface area contributed by atoms with Gasteiger partial charge in [-0.15, -0.1) is 0 Å². The molecular formula is C15H19BrO4. The van der Waals surface area contributed by atoms with Gasteiger partial charge in [-0.3, -0.25) is 4.79 Å². The van der Waals surface area contributed by atoms with Gasteiger partial charge < -0.3 is 9.47 Å². The number of carbonyl (C=O) groups excluding carboxylic acids is 2. The van der Waals surface area contributed by atoms with Gasteiger partial charge in [-0.25, -0.2) is 4.79 Å². The van der Waals surface area contributed by atoms with Gasteiger partial charge in [0, 0.05) is 12.3 Å². The smallest absolute Gasteiger partial charge is 0.341 e. The highest BCUT2D eigenvalue weighted by atomic mass is 79.9. The molecule has 1 rings (SSSR count).